The number of anilines is 1. The maximum Gasteiger partial charge on any atom is 0.128 e. The largest absolute Gasteiger partial charge is 0.356 e. The Morgan fingerprint density at radius 1 is 1.15 bits per heavy atom. The second-order valence-corrected chi connectivity index (χ2v) is 7.64. The number of rotatable bonds is 5. The van der Waals surface area contributed by atoms with Gasteiger partial charge in [0.1, 0.15) is 11.6 Å². The Hall–Kier alpha value is -2.69. The fourth-order valence-corrected chi connectivity index (χ4v) is 3.84. The quantitative estimate of drug-likeness (QED) is 0.682. The molecule has 140 valence electrons. The van der Waals surface area contributed by atoms with Gasteiger partial charge in [-0.3, -0.25) is 4.98 Å². The summed E-state index contributed by atoms with van der Waals surface area (Å²) in [7, 11) is 0. The third kappa shape index (κ3) is 4.02. The minimum Gasteiger partial charge on any atom is -0.356 e. The van der Waals surface area contributed by atoms with Crippen LogP contribution in [0.25, 0.3) is 0 Å². The molecule has 1 unspecified atom stereocenters. The van der Waals surface area contributed by atoms with E-state index in [1.54, 1.807) is 0 Å². The van der Waals surface area contributed by atoms with Crippen LogP contribution in [-0.4, -0.2) is 32.6 Å². The van der Waals surface area contributed by atoms with Crippen molar-refractivity contribution in [3.8, 4) is 0 Å². The highest BCUT2D eigenvalue weighted by atomic mass is 15.2. The Bertz CT molecular complexity index is 871. The minimum absolute atomic E-state index is 0.426. The van der Waals surface area contributed by atoms with Gasteiger partial charge < -0.3 is 9.47 Å². The predicted molar refractivity (Wildman–Crippen MR) is 108 cm³/mol. The van der Waals surface area contributed by atoms with E-state index in [1.165, 1.54) is 17.8 Å². The number of imidazole rings is 1. The highest BCUT2D eigenvalue weighted by Gasteiger charge is 2.25. The molecular formula is C22H27N5. The first-order chi connectivity index (χ1) is 13.2. The van der Waals surface area contributed by atoms with Crippen LogP contribution in [0.1, 0.15) is 55.6 Å². The van der Waals surface area contributed by atoms with Gasteiger partial charge in [0.2, 0.25) is 0 Å². The molecule has 4 rings (SSSR count). The van der Waals surface area contributed by atoms with E-state index < -0.39 is 0 Å². The number of pyridine rings is 2. The monoisotopic (exact) mass is 361 g/mol. The molecule has 4 heterocycles. The van der Waals surface area contributed by atoms with Crippen molar-refractivity contribution in [1.29, 1.82) is 0 Å². The van der Waals surface area contributed by atoms with Gasteiger partial charge in [-0.15, -0.1) is 0 Å². The zero-order chi connectivity index (χ0) is 18.6. The average molecular weight is 361 g/mol. The van der Waals surface area contributed by atoms with Gasteiger partial charge in [0.15, 0.2) is 0 Å². The fourth-order valence-electron chi connectivity index (χ4n) is 3.84. The third-order valence-electron chi connectivity index (χ3n) is 5.28. The summed E-state index contributed by atoms with van der Waals surface area (Å²) >= 11 is 0. The first kappa shape index (κ1) is 17.7. The van der Waals surface area contributed by atoms with Crippen molar-refractivity contribution in [1.82, 2.24) is 19.5 Å². The SMILES string of the molecule is CC(C)c1cccc(N2CCCC(c3nccn3Cc3cccnc3)C2)n1. The number of aromatic nitrogens is 4. The first-order valence-electron chi connectivity index (χ1n) is 9.82. The molecule has 0 saturated carbocycles. The Morgan fingerprint density at radius 3 is 2.89 bits per heavy atom. The van der Waals surface area contributed by atoms with Gasteiger partial charge in [-0.2, -0.15) is 0 Å². The molecule has 0 spiro atoms. The third-order valence-corrected chi connectivity index (χ3v) is 5.28. The second-order valence-electron chi connectivity index (χ2n) is 7.64. The van der Waals surface area contributed by atoms with Crippen molar-refractivity contribution >= 4 is 5.82 Å². The average Bonchev–Trinajstić information content (AvgIpc) is 3.17. The van der Waals surface area contributed by atoms with Crippen molar-refractivity contribution < 1.29 is 0 Å². The summed E-state index contributed by atoms with van der Waals surface area (Å²) in [5.74, 6) is 3.14. The van der Waals surface area contributed by atoms with Gasteiger partial charge in [0.05, 0.1) is 6.54 Å². The summed E-state index contributed by atoms with van der Waals surface area (Å²) < 4.78 is 2.27. The predicted octanol–water partition coefficient (Wildman–Crippen LogP) is 4.23. The van der Waals surface area contributed by atoms with Gasteiger partial charge in [-0.1, -0.05) is 26.0 Å². The lowest BCUT2D eigenvalue weighted by Gasteiger charge is -2.33. The summed E-state index contributed by atoms with van der Waals surface area (Å²) in [4.78, 5) is 16.2. The number of hydrogen-bond donors (Lipinski definition) is 0. The van der Waals surface area contributed by atoms with Gasteiger partial charge >= 0.3 is 0 Å². The van der Waals surface area contributed by atoms with Crippen LogP contribution in [0.3, 0.4) is 0 Å². The van der Waals surface area contributed by atoms with E-state index >= 15 is 0 Å². The van der Waals surface area contributed by atoms with Crippen LogP contribution >= 0.6 is 0 Å². The standard InChI is InChI=1S/C22H27N5/c1-17(2)20-8-3-9-21(25-20)26-12-5-7-19(16-26)22-24-11-13-27(22)15-18-6-4-10-23-14-18/h3-4,6,8-11,13-14,17,19H,5,7,12,15-16H2,1-2H3. The summed E-state index contributed by atoms with van der Waals surface area (Å²) in [5.41, 5.74) is 2.36. The van der Waals surface area contributed by atoms with Crippen molar-refractivity contribution in [2.24, 2.45) is 0 Å². The Labute approximate surface area is 161 Å². The smallest absolute Gasteiger partial charge is 0.128 e. The molecule has 0 amide bonds. The Kier molecular flexibility index (Phi) is 5.19. The number of piperidine rings is 1. The van der Waals surface area contributed by atoms with Gasteiger partial charge in [0.25, 0.3) is 0 Å². The van der Waals surface area contributed by atoms with E-state index in [-0.39, 0.29) is 0 Å². The van der Waals surface area contributed by atoms with Gasteiger partial charge in [-0.25, -0.2) is 9.97 Å². The topological polar surface area (TPSA) is 46.8 Å². The van der Waals surface area contributed by atoms with Crippen LogP contribution in [0.15, 0.2) is 55.1 Å². The normalized spacial score (nSPS) is 17.4. The van der Waals surface area contributed by atoms with Crippen LogP contribution in [0, 0.1) is 0 Å². The molecule has 1 aliphatic heterocycles. The molecule has 5 heteroatoms. The summed E-state index contributed by atoms with van der Waals surface area (Å²) in [6.07, 6.45) is 10.1. The van der Waals surface area contributed by atoms with Crippen LogP contribution in [0.2, 0.25) is 0 Å². The van der Waals surface area contributed by atoms with Crippen LogP contribution in [0.5, 0.6) is 0 Å². The van der Waals surface area contributed by atoms with Crippen molar-refractivity contribution in [3.05, 3.63) is 72.2 Å². The zero-order valence-corrected chi connectivity index (χ0v) is 16.1. The highest BCUT2D eigenvalue weighted by molar-refractivity contribution is 5.41. The molecular weight excluding hydrogens is 334 g/mol. The molecule has 27 heavy (non-hydrogen) atoms. The van der Waals surface area contributed by atoms with Gasteiger partial charge in [0, 0.05) is 49.5 Å². The van der Waals surface area contributed by atoms with Crippen LogP contribution < -0.4 is 4.90 Å². The minimum atomic E-state index is 0.426. The summed E-state index contributed by atoms with van der Waals surface area (Å²) in [6.45, 7) is 7.24. The number of hydrogen-bond acceptors (Lipinski definition) is 4. The molecule has 1 saturated heterocycles. The van der Waals surface area contributed by atoms with E-state index in [1.807, 2.05) is 24.7 Å². The van der Waals surface area contributed by atoms with E-state index in [2.05, 4.69) is 58.8 Å². The van der Waals surface area contributed by atoms with E-state index in [0.717, 1.165) is 37.6 Å². The van der Waals surface area contributed by atoms with Crippen molar-refractivity contribution in [2.75, 3.05) is 18.0 Å². The maximum absolute atomic E-state index is 4.89. The zero-order valence-electron chi connectivity index (χ0n) is 16.1. The van der Waals surface area contributed by atoms with Crippen LogP contribution in [-0.2, 0) is 6.54 Å². The van der Waals surface area contributed by atoms with Crippen molar-refractivity contribution in [2.45, 2.75) is 45.1 Å². The van der Waals surface area contributed by atoms with E-state index in [9.17, 15) is 0 Å². The van der Waals surface area contributed by atoms with Crippen molar-refractivity contribution in [3.63, 3.8) is 0 Å². The Balaban J connectivity index is 1.52. The fraction of sp³-hybridized carbons (Fsp3) is 0.409. The number of nitrogens with zero attached hydrogens (tertiary/aromatic N) is 5. The maximum atomic E-state index is 4.89. The molecule has 0 radical (unpaired) electrons. The molecule has 1 fully saturated rings. The second kappa shape index (κ2) is 7.91. The lowest BCUT2D eigenvalue weighted by Crippen LogP contribution is -2.36. The van der Waals surface area contributed by atoms with E-state index in [4.69, 9.17) is 9.97 Å². The molecule has 0 aromatic carbocycles. The highest BCUT2D eigenvalue weighted by Crippen LogP contribution is 2.29. The molecule has 5 nitrogen and oxygen atoms in total. The van der Waals surface area contributed by atoms with Gasteiger partial charge in [-0.05, 0) is 42.5 Å². The molecule has 0 N–H and O–H groups in total. The first-order valence-corrected chi connectivity index (χ1v) is 9.82. The molecule has 1 aliphatic rings. The molecule has 3 aromatic rings. The van der Waals surface area contributed by atoms with E-state index in [0.29, 0.717) is 11.8 Å². The summed E-state index contributed by atoms with van der Waals surface area (Å²) in [6, 6.07) is 10.5. The molecule has 0 aliphatic carbocycles. The Morgan fingerprint density at radius 2 is 2.07 bits per heavy atom. The lowest BCUT2D eigenvalue weighted by atomic mass is 9.97. The molecule has 1 atom stereocenters. The lowest BCUT2D eigenvalue weighted by molar-refractivity contribution is 0.473. The summed E-state index contributed by atoms with van der Waals surface area (Å²) in [5, 5.41) is 0. The molecule has 3 aromatic heterocycles. The van der Waals surface area contributed by atoms with Crippen LogP contribution in [0.4, 0.5) is 5.82 Å². The molecule has 0 bridgehead atoms.